The Morgan fingerprint density at radius 2 is 1.93 bits per heavy atom. The van der Waals surface area contributed by atoms with Crippen LogP contribution in [0.5, 0.6) is 0 Å². The van der Waals surface area contributed by atoms with Gasteiger partial charge >= 0.3 is 6.18 Å². The first-order valence-corrected chi connectivity index (χ1v) is 3.80. The number of hydrogen-bond donors (Lipinski definition) is 1. The average molecular weight is 203 g/mol. The lowest BCUT2D eigenvalue weighted by atomic mass is 10.1. The summed E-state index contributed by atoms with van der Waals surface area (Å²) in [4.78, 5) is 10.8. The summed E-state index contributed by atoms with van der Waals surface area (Å²) in [5.74, 6) is -1.85. The zero-order valence-electron chi connectivity index (χ0n) is 7.35. The van der Waals surface area contributed by atoms with E-state index < -0.39 is 12.0 Å². The van der Waals surface area contributed by atoms with E-state index in [0.717, 1.165) is 12.1 Å². The summed E-state index contributed by atoms with van der Waals surface area (Å²) in [6.07, 6.45) is -4.83. The van der Waals surface area contributed by atoms with Crippen molar-refractivity contribution in [1.82, 2.24) is 0 Å². The fourth-order valence-electron chi connectivity index (χ4n) is 0.981. The van der Waals surface area contributed by atoms with Crippen molar-refractivity contribution in [3.63, 3.8) is 0 Å². The molecular weight excluding hydrogens is 195 g/mol. The second-order valence-corrected chi connectivity index (χ2v) is 2.90. The SMILES string of the molecule is Cc1cc(C(=O)C(F)(F)F)ccc1N. The Balaban J connectivity index is 3.10. The molecule has 0 fully saturated rings. The normalized spacial score (nSPS) is 11.4. The molecule has 14 heavy (non-hydrogen) atoms. The van der Waals surface area contributed by atoms with Crippen LogP contribution < -0.4 is 5.73 Å². The molecule has 0 saturated carbocycles. The number of benzene rings is 1. The van der Waals surface area contributed by atoms with Gasteiger partial charge in [-0.15, -0.1) is 0 Å². The first-order valence-electron chi connectivity index (χ1n) is 3.80. The van der Waals surface area contributed by atoms with Gasteiger partial charge < -0.3 is 5.73 Å². The van der Waals surface area contributed by atoms with Crippen LogP contribution in [-0.4, -0.2) is 12.0 Å². The smallest absolute Gasteiger partial charge is 0.399 e. The number of carbonyl (C=O) groups excluding carboxylic acids is 1. The van der Waals surface area contributed by atoms with E-state index in [-0.39, 0.29) is 5.56 Å². The van der Waals surface area contributed by atoms with Gasteiger partial charge in [0.15, 0.2) is 0 Å². The molecule has 0 aliphatic heterocycles. The van der Waals surface area contributed by atoms with Gasteiger partial charge in [-0.05, 0) is 30.7 Å². The molecule has 1 aromatic carbocycles. The maximum absolute atomic E-state index is 12.0. The summed E-state index contributed by atoms with van der Waals surface area (Å²) in [6.45, 7) is 1.54. The predicted molar refractivity (Wildman–Crippen MR) is 46.0 cm³/mol. The summed E-state index contributed by atoms with van der Waals surface area (Å²) in [7, 11) is 0. The number of aryl methyl sites for hydroxylation is 1. The highest BCUT2D eigenvalue weighted by Crippen LogP contribution is 2.23. The van der Waals surface area contributed by atoms with Crippen molar-refractivity contribution in [3.8, 4) is 0 Å². The summed E-state index contributed by atoms with van der Waals surface area (Å²) >= 11 is 0. The highest BCUT2D eigenvalue weighted by atomic mass is 19.4. The molecule has 0 saturated heterocycles. The van der Waals surface area contributed by atoms with Crippen molar-refractivity contribution in [2.45, 2.75) is 13.1 Å². The van der Waals surface area contributed by atoms with E-state index in [1.165, 1.54) is 6.07 Å². The standard InChI is InChI=1S/C9H8F3NO/c1-5-4-6(2-3-7(5)13)8(14)9(10,11)12/h2-4H,13H2,1H3. The third-order valence-electron chi connectivity index (χ3n) is 1.79. The summed E-state index contributed by atoms with van der Waals surface area (Å²) in [6, 6.07) is 3.48. The van der Waals surface area contributed by atoms with E-state index >= 15 is 0 Å². The van der Waals surface area contributed by atoms with Crippen molar-refractivity contribution in [2.24, 2.45) is 0 Å². The van der Waals surface area contributed by atoms with E-state index in [4.69, 9.17) is 5.73 Å². The number of nitrogen functional groups attached to an aromatic ring is 1. The number of ketones is 1. The van der Waals surface area contributed by atoms with Gasteiger partial charge in [0.05, 0.1) is 0 Å². The van der Waals surface area contributed by atoms with Gasteiger partial charge in [-0.25, -0.2) is 0 Å². The predicted octanol–water partition coefficient (Wildman–Crippen LogP) is 2.32. The van der Waals surface area contributed by atoms with E-state index in [2.05, 4.69) is 0 Å². The van der Waals surface area contributed by atoms with E-state index in [1.54, 1.807) is 6.92 Å². The van der Waals surface area contributed by atoms with E-state index in [0.29, 0.717) is 11.3 Å². The molecule has 0 amide bonds. The van der Waals surface area contributed by atoms with Gasteiger partial charge in [-0.1, -0.05) is 0 Å². The van der Waals surface area contributed by atoms with Crippen molar-refractivity contribution in [2.75, 3.05) is 5.73 Å². The van der Waals surface area contributed by atoms with Crippen LogP contribution in [0.3, 0.4) is 0 Å². The van der Waals surface area contributed by atoms with Crippen molar-refractivity contribution in [3.05, 3.63) is 29.3 Å². The monoisotopic (exact) mass is 203 g/mol. The third kappa shape index (κ3) is 2.04. The molecule has 0 aromatic heterocycles. The molecule has 0 atom stereocenters. The van der Waals surface area contributed by atoms with Gasteiger partial charge in [0, 0.05) is 11.3 Å². The number of alkyl halides is 3. The van der Waals surface area contributed by atoms with Crippen LogP contribution in [0.1, 0.15) is 15.9 Å². The fourth-order valence-corrected chi connectivity index (χ4v) is 0.981. The first-order chi connectivity index (χ1) is 6.32. The quantitative estimate of drug-likeness (QED) is 0.562. The number of hydrogen-bond acceptors (Lipinski definition) is 2. The maximum atomic E-state index is 12.0. The van der Waals surface area contributed by atoms with Gasteiger partial charge in [-0.3, -0.25) is 4.79 Å². The van der Waals surface area contributed by atoms with Crippen molar-refractivity contribution in [1.29, 1.82) is 0 Å². The maximum Gasteiger partial charge on any atom is 0.454 e. The zero-order valence-corrected chi connectivity index (χ0v) is 7.35. The summed E-state index contributed by atoms with van der Waals surface area (Å²) in [5.41, 5.74) is 5.84. The largest absolute Gasteiger partial charge is 0.454 e. The van der Waals surface area contributed by atoms with Crippen LogP contribution in [-0.2, 0) is 0 Å². The molecule has 0 heterocycles. The minimum atomic E-state index is -4.83. The zero-order chi connectivity index (χ0) is 10.9. The number of Topliss-reactive ketones (excluding diaryl/α,β-unsaturated/α-hetero) is 1. The minimum Gasteiger partial charge on any atom is -0.399 e. The van der Waals surface area contributed by atoms with Crippen LogP contribution in [0.25, 0.3) is 0 Å². The Labute approximate surface area is 78.5 Å². The number of halogens is 3. The highest BCUT2D eigenvalue weighted by Gasteiger charge is 2.39. The van der Waals surface area contributed by atoms with Gasteiger partial charge in [-0.2, -0.15) is 13.2 Å². The Morgan fingerprint density at radius 3 is 2.36 bits per heavy atom. The van der Waals surface area contributed by atoms with Gasteiger partial charge in [0.25, 0.3) is 5.78 Å². The molecule has 76 valence electrons. The topological polar surface area (TPSA) is 43.1 Å². The first kappa shape index (κ1) is 10.6. The summed E-state index contributed by atoms with van der Waals surface area (Å²) < 4.78 is 36.0. The molecule has 5 heteroatoms. The minimum absolute atomic E-state index is 0.365. The van der Waals surface area contributed by atoms with Crippen molar-refractivity contribution >= 4 is 11.5 Å². The molecule has 0 radical (unpaired) electrons. The number of nitrogens with two attached hydrogens (primary N) is 1. The lowest BCUT2D eigenvalue weighted by Gasteiger charge is -2.06. The second kappa shape index (κ2) is 3.32. The van der Waals surface area contributed by atoms with Crippen LogP contribution >= 0.6 is 0 Å². The third-order valence-corrected chi connectivity index (χ3v) is 1.79. The molecule has 0 aliphatic carbocycles. The Kier molecular flexibility index (Phi) is 2.51. The lowest BCUT2D eigenvalue weighted by Crippen LogP contribution is -2.22. The molecule has 0 aliphatic rings. The number of carbonyl (C=O) groups is 1. The molecule has 0 bridgehead atoms. The van der Waals surface area contributed by atoms with E-state index in [1.807, 2.05) is 0 Å². The fraction of sp³-hybridized carbons (Fsp3) is 0.222. The molecule has 0 spiro atoms. The highest BCUT2D eigenvalue weighted by molar-refractivity contribution is 6.00. The molecule has 2 N–H and O–H groups in total. The molecule has 1 rings (SSSR count). The molecule has 0 unspecified atom stereocenters. The van der Waals surface area contributed by atoms with E-state index in [9.17, 15) is 18.0 Å². The number of anilines is 1. The Bertz CT molecular complexity index is 371. The van der Waals surface area contributed by atoms with Gasteiger partial charge in [0.2, 0.25) is 0 Å². The van der Waals surface area contributed by atoms with Crippen LogP contribution in [0.2, 0.25) is 0 Å². The Hall–Kier alpha value is -1.52. The Morgan fingerprint density at radius 1 is 1.36 bits per heavy atom. The molecule has 1 aromatic rings. The van der Waals surface area contributed by atoms with Crippen molar-refractivity contribution < 1.29 is 18.0 Å². The molecule has 2 nitrogen and oxygen atoms in total. The number of rotatable bonds is 1. The van der Waals surface area contributed by atoms with Crippen LogP contribution in [0.4, 0.5) is 18.9 Å². The van der Waals surface area contributed by atoms with Gasteiger partial charge in [0.1, 0.15) is 0 Å². The lowest BCUT2D eigenvalue weighted by molar-refractivity contribution is -0.0885. The van der Waals surface area contributed by atoms with Crippen LogP contribution in [0, 0.1) is 6.92 Å². The molecular formula is C9H8F3NO. The average Bonchev–Trinajstić information content (AvgIpc) is 2.07. The second-order valence-electron chi connectivity index (χ2n) is 2.90. The van der Waals surface area contributed by atoms with Crippen LogP contribution in [0.15, 0.2) is 18.2 Å². The summed E-state index contributed by atoms with van der Waals surface area (Å²) in [5, 5.41) is 0.